The number of carbonyl (C=O) groups is 1. The molecule has 2 aromatic rings. The quantitative estimate of drug-likeness (QED) is 0.445. The molecule has 0 aliphatic rings. The third-order valence-corrected chi connectivity index (χ3v) is 3.76. The van der Waals surface area contributed by atoms with Gasteiger partial charge >= 0.3 is 0 Å². The van der Waals surface area contributed by atoms with E-state index in [4.69, 9.17) is 17.3 Å². The molecule has 2 aromatic carbocycles. The number of rotatable bonds is 4. The zero-order valence-electron chi connectivity index (χ0n) is 13.4. The van der Waals surface area contributed by atoms with E-state index in [1.54, 1.807) is 12.1 Å². The average molecular weight is 341 g/mol. The van der Waals surface area contributed by atoms with E-state index in [-0.39, 0.29) is 5.57 Å². The Morgan fingerprint density at radius 1 is 1.25 bits per heavy atom. The van der Waals surface area contributed by atoms with Crippen LogP contribution in [0.15, 0.2) is 48.2 Å². The molecule has 0 unspecified atom stereocenters. The minimum Gasteiger partial charge on any atom is -0.399 e. The second kappa shape index (κ2) is 7.53. The lowest BCUT2D eigenvalue weighted by molar-refractivity contribution is -0.112. The molecule has 0 bridgehead atoms. The number of nitrogens with zero attached hydrogens (tertiary/aromatic N) is 1. The molecule has 4 N–H and O–H groups in total. The van der Waals surface area contributed by atoms with Crippen molar-refractivity contribution >= 4 is 34.6 Å². The van der Waals surface area contributed by atoms with Crippen LogP contribution in [-0.4, -0.2) is 5.91 Å². The van der Waals surface area contributed by atoms with Crippen LogP contribution in [0.4, 0.5) is 17.1 Å². The Morgan fingerprint density at radius 3 is 2.50 bits per heavy atom. The van der Waals surface area contributed by atoms with Crippen molar-refractivity contribution in [2.24, 2.45) is 0 Å². The maximum absolute atomic E-state index is 12.2. The van der Waals surface area contributed by atoms with Gasteiger partial charge in [0.05, 0.1) is 10.7 Å². The molecular weight excluding hydrogens is 324 g/mol. The highest BCUT2D eigenvalue weighted by atomic mass is 35.5. The number of hydrogen-bond acceptors (Lipinski definition) is 4. The first-order valence-corrected chi connectivity index (χ1v) is 7.59. The van der Waals surface area contributed by atoms with E-state index in [0.29, 0.717) is 16.4 Å². The van der Waals surface area contributed by atoms with Crippen LogP contribution in [0, 0.1) is 25.2 Å². The Morgan fingerprint density at radius 2 is 1.92 bits per heavy atom. The van der Waals surface area contributed by atoms with Crippen LogP contribution >= 0.6 is 11.6 Å². The third kappa shape index (κ3) is 4.06. The third-order valence-electron chi connectivity index (χ3n) is 3.45. The number of carbonyl (C=O) groups excluding carboxylic acids is 1. The molecule has 6 heteroatoms. The lowest BCUT2D eigenvalue weighted by atomic mass is 10.1. The summed E-state index contributed by atoms with van der Waals surface area (Å²) >= 11 is 6.02. The number of nitriles is 1. The van der Waals surface area contributed by atoms with Crippen LogP contribution < -0.4 is 16.4 Å². The van der Waals surface area contributed by atoms with Gasteiger partial charge in [-0.2, -0.15) is 5.26 Å². The van der Waals surface area contributed by atoms with Crippen molar-refractivity contribution in [1.82, 2.24) is 0 Å². The van der Waals surface area contributed by atoms with E-state index in [0.717, 1.165) is 16.8 Å². The predicted octanol–water partition coefficient (Wildman–Crippen LogP) is 4.00. The molecule has 122 valence electrons. The maximum Gasteiger partial charge on any atom is 0.267 e. The number of nitrogen functional groups attached to an aromatic ring is 1. The normalized spacial score (nSPS) is 10.8. The summed E-state index contributed by atoms with van der Waals surface area (Å²) in [6.07, 6.45) is 1.38. The van der Waals surface area contributed by atoms with Crippen molar-refractivity contribution in [3.05, 3.63) is 64.3 Å². The maximum atomic E-state index is 12.2. The monoisotopic (exact) mass is 340 g/mol. The fraction of sp³-hybridized carbons (Fsp3) is 0.111. The highest BCUT2D eigenvalue weighted by Gasteiger charge is 2.12. The highest BCUT2D eigenvalue weighted by Crippen LogP contribution is 2.24. The van der Waals surface area contributed by atoms with Crippen LogP contribution in [-0.2, 0) is 4.79 Å². The molecule has 0 spiro atoms. The van der Waals surface area contributed by atoms with Crippen LogP contribution in [0.3, 0.4) is 0 Å². The number of aryl methyl sites for hydroxylation is 2. The molecule has 0 atom stereocenters. The summed E-state index contributed by atoms with van der Waals surface area (Å²) < 4.78 is 0. The zero-order valence-corrected chi connectivity index (χ0v) is 14.1. The van der Waals surface area contributed by atoms with Gasteiger partial charge < -0.3 is 16.4 Å². The molecule has 0 saturated heterocycles. The number of nitrogens with two attached hydrogens (primary N) is 1. The van der Waals surface area contributed by atoms with E-state index in [2.05, 4.69) is 10.6 Å². The lowest BCUT2D eigenvalue weighted by Crippen LogP contribution is -2.15. The van der Waals surface area contributed by atoms with Crippen LogP contribution in [0.2, 0.25) is 5.02 Å². The van der Waals surface area contributed by atoms with Crippen LogP contribution in [0.25, 0.3) is 0 Å². The van der Waals surface area contributed by atoms with E-state index >= 15 is 0 Å². The van der Waals surface area contributed by atoms with Crippen LogP contribution in [0.5, 0.6) is 0 Å². The fourth-order valence-electron chi connectivity index (χ4n) is 2.16. The molecular formula is C18H17ClN4O. The van der Waals surface area contributed by atoms with Crippen molar-refractivity contribution in [2.75, 3.05) is 16.4 Å². The first-order chi connectivity index (χ1) is 11.4. The molecule has 0 saturated carbocycles. The van der Waals surface area contributed by atoms with Gasteiger partial charge in [-0.3, -0.25) is 4.79 Å². The van der Waals surface area contributed by atoms with Gasteiger partial charge in [-0.25, -0.2) is 0 Å². The van der Waals surface area contributed by atoms with Gasteiger partial charge in [0.1, 0.15) is 11.6 Å². The van der Waals surface area contributed by atoms with Crippen molar-refractivity contribution < 1.29 is 4.79 Å². The largest absolute Gasteiger partial charge is 0.399 e. The van der Waals surface area contributed by atoms with E-state index in [1.165, 1.54) is 12.3 Å². The Labute approximate surface area is 145 Å². The first kappa shape index (κ1) is 17.4. The molecule has 2 rings (SSSR count). The number of anilines is 3. The van der Waals surface area contributed by atoms with Crippen LogP contribution in [0.1, 0.15) is 11.1 Å². The Balaban J connectivity index is 2.18. The summed E-state index contributed by atoms with van der Waals surface area (Å²) in [5, 5.41) is 15.2. The first-order valence-electron chi connectivity index (χ1n) is 7.21. The van der Waals surface area contributed by atoms with Gasteiger partial charge in [0, 0.05) is 17.6 Å². The SMILES string of the molecule is Cc1cccc(C)c1N/C=C(/C#N)C(=O)Nc1ccc(N)cc1Cl. The van der Waals surface area contributed by atoms with Gasteiger partial charge in [0.25, 0.3) is 5.91 Å². The van der Waals surface area contributed by atoms with Crippen molar-refractivity contribution in [3.8, 4) is 6.07 Å². The molecule has 0 aliphatic carbocycles. The summed E-state index contributed by atoms with van der Waals surface area (Å²) in [6.45, 7) is 3.90. The fourth-order valence-corrected chi connectivity index (χ4v) is 2.39. The minimum absolute atomic E-state index is 0.0643. The second-order valence-electron chi connectivity index (χ2n) is 5.27. The summed E-state index contributed by atoms with van der Waals surface area (Å²) in [4.78, 5) is 12.2. The van der Waals surface area contributed by atoms with Crippen molar-refractivity contribution in [3.63, 3.8) is 0 Å². The van der Waals surface area contributed by atoms with Gasteiger partial charge in [0.2, 0.25) is 0 Å². The summed E-state index contributed by atoms with van der Waals surface area (Å²) in [5.41, 5.74) is 9.34. The van der Waals surface area contributed by atoms with Gasteiger partial charge in [0.15, 0.2) is 0 Å². The zero-order chi connectivity index (χ0) is 17.7. The molecule has 24 heavy (non-hydrogen) atoms. The molecule has 0 heterocycles. The topological polar surface area (TPSA) is 90.9 Å². The Hall–Kier alpha value is -2.97. The number of halogens is 1. The highest BCUT2D eigenvalue weighted by molar-refractivity contribution is 6.34. The van der Waals surface area contributed by atoms with E-state index in [1.807, 2.05) is 38.1 Å². The Kier molecular flexibility index (Phi) is 5.46. The molecule has 0 fully saturated rings. The molecule has 0 aliphatic heterocycles. The predicted molar refractivity (Wildman–Crippen MR) is 97.7 cm³/mol. The number of benzene rings is 2. The van der Waals surface area contributed by atoms with E-state index in [9.17, 15) is 10.1 Å². The van der Waals surface area contributed by atoms with Gasteiger partial charge in [-0.1, -0.05) is 29.8 Å². The Bertz CT molecular complexity index is 832. The van der Waals surface area contributed by atoms with E-state index < -0.39 is 5.91 Å². The molecule has 0 aromatic heterocycles. The van der Waals surface area contributed by atoms with Gasteiger partial charge in [-0.05, 0) is 43.2 Å². The van der Waals surface area contributed by atoms with Crippen molar-refractivity contribution in [2.45, 2.75) is 13.8 Å². The van der Waals surface area contributed by atoms with Gasteiger partial charge in [-0.15, -0.1) is 0 Å². The molecule has 0 radical (unpaired) electrons. The summed E-state index contributed by atoms with van der Waals surface area (Å²) in [6, 6.07) is 12.5. The lowest BCUT2D eigenvalue weighted by Gasteiger charge is -2.10. The summed E-state index contributed by atoms with van der Waals surface area (Å²) in [5.74, 6) is -0.553. The smallest absolute Gasteiger partial charge is 0.267 e. The second-order valence-corrected chi connectivity index (χ2v) is 5.68. The summed E-state index contributed by atoms with van der Waals surface area (Å²) in [7, 11) is 0. The average Bonchev–Trinajstić information content (AvgIpc) is 2.53. The van der Waals surface area contributed by atoms with Crippen molar-refractivity contribution in [1.29, 1.82) is 5.26 Å². The molecule has 1 amide bonds. The number of amides is 1. The minimum atomic E-state index is -0.553. The number of para-hydroxylation sites is 1. The standard InChI is InChI=1S/C18H17ClN4O/c1-11-4-3-5-12(2)17(11)22-10-13(9-20)18(24)23-16-7-6-14(21)8-15(16)19/h3-8,10,22H,21H2,1-2H3,(H,23,24)/b13-10-. The molecule has 5 nitrogen and oxygen atoms in total. The number of nitrogens with one attached hydrogen (secondary N) is 2. The number of hydrogen-bond donors (Lipinski definition) is 3.